The van der Waals surface area contributed by atoms with Crippen molar-refractivity contribution >= 4 is 42.0 Å². The first-order valence-electron chi connectivity index (χ1n) is 12.9. The molecule has 5 N–H and O–H groups in total. The largest absolute Gasteiger partial charge is 0.494 e. The Balaban J connectivity index is 1.26. The fourth-order valence-electron chi connectivity index (χ4n) is 3.93. The van der Waals surface area contributed by atoms with Crippen molar-refractivity contribution in [3.05, 3.63) is 66.1 Å². The van der Waals surface area contributed by atoms with Crippen LogP contribution in [0.4, 0.5) is 26.1 Å². The van der Waals surface area contributed by atoms with Crippen molar-refractivity contribution in [2.24, 2.45) is 0 Å². The first-order valence-corrected chi connectivity index (χ1v) is 14.4. The summed E-state index contributed by atoms with van der Waals surface area (Å²) in [4.78, 5) is 40.3. The van der Waals surface area contributed by atoms with Gasteiger partial charge < -0.3 is 30.1 Å². The van der Waals surface area contributed by atoms with Gasteiger partial charge in [-0.25, -0.2) is 23.3 Å². The van der Waals surface area contributed by atoms with Gasteiger partial charge in [0.15, 0.2) is 17.5 Å². The lowest BCUT2D eigenvalue weighted by molar-refractivity contribution is -0.115. The zero-order valence-corrected chi connectivity index (χ0v) is 23.5. The van der Waals surface area contributed by atoms with Crippen LogP contribution in [0.25, 0.3) is 10.9 Å². The van der Waals surface area contributed by atoms with Crippen LogP contribution in [0.3, 0.4) is 0 Å². The lowest BCUT2D eigenvalue weighted by Gasteiger charge is -2.16. The first-order chi connectivity index (χ1) is 20.1. The number of fused-ring (bicyclic) bond motifs is 1. The Morgan fingerprint density at radius 1 is 1.10 bits per heavy atom. The zero-order chi connectivity index (χ0) is 30.1. The van der Waals surface area contributed by atoms with E-state index in [4.69, 9.17) is 14.5 Å². The molecule has 0 aliphatic heterocycles. The van der Waals surface area contributed by atoms with Gasteiger partial charge in [-0.15, -0.1) is 0 Å². The molecule has 4 rings (SSSR count). The molecule has 2 heterocycles. The van der Waals surface area contributed by atoms with Crippen LogP contribution in [0.1, 0.15) is 18.5 Å². The third-order valence-electron chi connectivity index (χ3n) is 6.00. The Hall–Kier alpha value is -4.01. The number of hydrogen-bond donors (Lipinski definition) is 5. The topological polar surface area (TPSA) is 175 Å². The highest BCUT2D eigenvalue weighted by atomic mass is 31.2. The zero-order valence-electron chi connectivity index (χ0n) is 22.6. The summed E-state index contributed by atoms with van der Waals surface area (Å²) in [6.45, 7) is 1.55. The molecule has 2 aromatic carbocycles. The minimum Gasteiger partial charge on any atom is -0.494 e. The Morgan fingerprint density at radius 2 is 1.93 bits per heavy atom. The smallest absolute Gasteiger partial charge is 0.469 e. The Kier molecular flexibility index (Phi) is 10.5. The quantitative estimate of drug-likeness (QED) is 0.0986. The normalized spacial score (nSPS) is 11.7. The molecule has 0 unspecified atom stereocenters. The van der Waals surface area contributed by atoms with E-state index in [1.54, 1.807) is 18.2 Å². The maximum absolute atomic E-state index is 13.8. The van der Waals surface area contributed by atoms with Crippen LogP contribution in [0, 0.1) is 11.6 Å². The van der Waals surface area contributed by atoms with Crippen LogP contribution in [-0.4, -0.2) is 74.1 Å². The first kappa shape index (κ1) is 30.9. The number of ether oxygens (including phenoxy) is 1. The van der Waals surface area contributed by atoms with Crippen LogP contribution in [-0.2, 0) is 20.3 Å². The minimum absolute atomic E-state index is 0.0497. The number of aromatic amines is 1. The third kappa shape index (κ3) is 9.26. The number of likely N-dealkylation sites (N-methyl/N-ethyl adjacent to an activating group) is 1. The van der Waals surface area contributed by atoms with E-state index < -0.39 is 25.4 Å². The highest BCUT2D eigenvalue weighted by Crippen LogP contribution is 2.35. The number of halogens is 2. The second kappa shape index (κ2) is 14.2. The molecule has 42 heavy (non-hydrogen) atoms. The number of amides is 1. The van der Waals surface area contributed by atoms with Gasteiger partial charge in [-0.05, 0) is 50.7 Å². The molecule has 0 bridgehead atoms. The summed E-state index contributed by atoms with van der Waals surface area (Å²) in [5, 5.41) is 13.0. The highest BCUT2D eigenvalue weighted by molar-refractivity contribution is 7.46. The molecule has 0 saturated heterocycles. The molecule has 1 amide bonds. The number of nitrogens with one attached hydrogen (secondary N) is 3. The van der Waals surface area contributed by atoms with E-state index in [0.29, 0.717) is 47.1 Å². The molecule has 0 fully saturated rings. The molecule has 16 heteroatoms. The predicted molar refractivity (Wildman–Crippen MR) is 150 cm³/mol. The minimum atomic E-state index is -4.44. The van der Waals surface area contributed by atoms with Gasteiger partial charge in [0.2, 0.25) is 5.91 Å². The summed E-state index contributed by atoms with van der Waals surface area (Å²) < 4.78 is 48.2. The molecule has 0 saturated carbocycles. The van der Waals surface area contributed by atoms with E-state index in [9.17, 15) is 18.1 Å². The van der Waals surface area contributed by atoms with Crippen molar-refractivity contribution in [3.8, 4) is 5.75 Å². The fraction of sp³-hybridized carbons (Fsp3) is 0.308. The molecule has 0 aliphatic rings. The van der Waals surface area contributed by atoms with Gasteiger partial charge in [-0.2, -0.15) is 5.10 Å². The fourth-order valence-corrected chi connectivity index (χ4v) is 4.25. The van der Waals surface area contributed by atoms with E-state index in [1.807, 2.05) is 18.0 Å². The lowest BCUT2D eigenvalue weighted by atomic mass is 10.2. The van der Waals surface area contributed by atoms with Gasteiger partial charge in [-0.1, -0.05) is 6.07 Å². The van der Waals surface area contributed by atoms with Crippen molar-refractivity contribution in [1.82, 2.24) is 25.1 Å². The molecule has 13 nitrogen and oxygen atoms in total. The van der Waals surface area contributed by atoms with Crippen LogP contribution in [0.5, 0.6) is 5.75 Å². The molecule has 0 aliphatic carbocycles. The number of anilines is 3. The summed E-state index contributed by atoms with van der Waals surface area (Å²) in [7, 11) is -2.60. The SMILES string of the molecule is CN(CCCCOc1ccc2c(Nc3cc(CC(=O)Nc4cccc(F)c4F)[nH]n3)ncnc2c1)CCOP(=O)(O)O. The van der Waals surface area contributed by atoms with Gasteiger partial charge in [0.25, 0.3) is 0 Å². The van der Waals surface area contributed by atoms with Gasteiger partial charge >= 0.3 is 7.82 Å². The number of carbonyl (C=O) groups excluding carboxylic acids is 1. The van der Waals surface area contributed by atoms with Gasteiger partial charge in [0.05, 0.1) is 30.8 Å². The Bertz CT molecular complexity index is 1570. The number of H-pyrrole nitrogens is 1. The van der Waals surface area contributed by atoms with E-state index in [0.717, 1.165) is 25.5 Å². The van der Waals surface area contributed by atoms with Crippen LogP contribution < -0.4 is 15.4 Å². The number of phosphoric ester groups is 1. The number of hydrogen-bond acceptors (Lipinski definition) is 9. The highest BCUT2D eigenvalue weighted by Gasteiger charge is 2.15. The number of nitrogens with zero attached hydrogens (tertiary/aromatic N) is 4. The van der Waals surface area contributed by atoms with Crippen LogP contribution in [0.15, 0.2) is 48.8 Å². The molecule has 2 aromatic heterocycles. The number of aromatic nitrogens is 4. The number of benzene rings is 2. The molecular weight excluding hydrogens is 575 g/mol. The van der Waals surface area contributed by atoms with Crippen molar-refractivity contribution in [2.45, 2.75) is 19.3 Å². The van der Waals surface area contributed by atoms with Crippen LogP contribution in [0.2, 0.25) is 0 Å². The lowest BCUT2D eigenvalue weighted by Crippen LogP contribution is -2.24. The van der Waals surface area contributed by atoms with Gasteiger partial charge in [0.1, 0.15) is 17.9 Å². The number of rotatable bonds is 15. The van der Waals surface area contributed by atoms with E-state index in [2.05, 4.69) is 35.3 Å². The van der Waals surface area contributed by atoms with Gasteiger partial charge in [-0.3, -0.25) is 14.4 Å². The number of carbonyl (C=O) groups is 1. The Morgan fingerprint density at radius 3 is 2.74 bits per heavy atom. The second-order valence-corrected chi connectivity index (χ2v) is 10.6. The molecule has 224 valence electrons. The summed E-state index contributed by atoms with van der Waals surface area (Å²) in [5.41, 5.74) is 0.842. The van der Waals surface area contributed by atoms with E-state index >= 15 is 0 Å². The van der Waals surface area contributed by atoms with Crippen LogP contribution >= 0.6 is 7.82 Å². The molecule has 0 spiro atoms. The van der Waals surface area contributed by atoms with Crippen molar-refractivity contribution < 1.29 is 37.2 Å². The van der Waals surface area contributed by atoms with Crippen molar-refractivity contribution in [1.29, 1.82) is 0 Å². The molecular formula is C26H30F2N7O6P. The second-order valence-electron chi connectivity index (χ2n) is 9.31. The summed E-state index contributed by atoms with van der Waals surface area (Å²) >= 11 is 0. The molecule has 0 radical (unpaired) electrons. The van der Waals surface area contributed by atoms with Crippen molar-refractivity contribution in [3.63, 3.8) is 0 Å². The van der Waals surface area contributed by atoms with Gasteiger partial charge in [0, 0.05) is 29.8 Å². The van der Waals surface area contributed by atoms with Crippen molar-refractivity contribution in [2.75, 3.05) is 44.0 Å². The summed E-state index contributed by atoms with van der Waals surface area (Å²) in [5.74, 6) is -1.21. The predicted octanol–water partition coefficient (Wildman–Crippen LogP) is 3.76. The molecule has 4 aromatic rings. The summed E-state index contributed by atoms with van der Waals surface area (Å²) in [6.07, 6.45) is 2.85. The number of phosphoric acid groups is 1. The molecule has 0 atom stereocenters. The maximum atomic E-state index is 13.8. The standard InChI is InChI=1S/C26H30F2N7O6P/c1-35(10-12-41-42(37,38)39)9-2-3-11-40-18-7-8-19-22(15-18)29-16-30-26(19)32-23-13-17(33-34-23)14-24(36)31-21-6-4-5-20(27)25(21)28/h4-8,13,15-16H,2-3,9-12,14H2,1H3,(H,31,36)(H2,37,38,39)(H2,29,30,32,33,34). The third-order valence-corrected chi connectivity index (χ3v) is 6.52. The average Bonchev–Trinajstić information content (AvgIpc) is 3.36. The Labute approximate surface area is 239 Å². The maximum Gasteiger partial charge on any atom is 0.469 e. The number of unbranched alkanes of at least 4 members (excludes halogenated alkanes) is 1. The summed E-state index contributed by atoms with van der Waals surface area (Å²) in [6, 6.07) is 10.6. The van der Waals surface area contributed by atoms with E-state index in [1.165, 1.54) is 18.5 Å². The van der Waals surface area contributed by atoms with E-state index in [-0.39, 0.29) is 18.7 Å². The average molecular weight is 606 g/mol. The monoisotopic (exact) mass is 605 g/mol.